The molecule has 0 saturated carbocycles. The smallest absolute Gasteiger partial charge is 0.230 e. The summed E-state index contributed by atoms with van der Waals surface area (Å²) in [6, 6.07) is 0. The van der Waals surface area contributed by atoms with Crippen LogP contribution in [0.25, 0.3) is 0 Å². The summed E-state index contributed by atoms with van der Waals surface area (Å²) in [5.41, 5.74) is 0. The minimum atomic E-state index is -1.46. The number of nitrogens with zero attached hydrogens (tertiary/aromatic N) is 1. The Hall–Kier alpha value is -0.240. The number of unbranched alkanes of at least 4 members (excludes halogenated alkanes) is 12. The average molecular weight is 330 g/mol. The molecule has 4 heteroatoms. The third-order valence-corrected chi connectivity index (χ3v) is 4.90. The molecule has 3 nitrogen and oxygen atoms in total. The Balaban J connectivity index is 3.11. The fourth-order valence-electron chi connectivity index (χ4n) is 2.55. The Kier molecular flexibility index (Phi) is 18.6. The first-order valence-corrected chi connectivity index (χ1v) is 10.7. The van der Waals surface area contributed by atoms with E-state index < -0.39 is 7.94 Å². The van der Waals surface area contributed by atoms with Gasteiger partial charge >= 0.3 is 7.94 Å². The molecule has 22 heavy (non-hydrogen) atoms. The van der Waals surface area contributed by atoms with Crippen molar-refractivity contribution >= 4 is 7.94 Å². The van der Waals surface area contributed by atoms with Crippen LogP contribution in [0.4, 0.5) is 0 Å². The summed E-state index contributed by atoms with van der Waals surface area (Å²) in [5.74, 6) is 0. The van der Waals surface area contributed by atoms with Gasteiger partial charge in [-0.2, -0.15) is 4.89 Å². The summed E-state index contributed by atoms with van der Waals surface area (Å²) < 4.78 is 0. The van der Waals surface area contributed by atoms with E-state index in [0.29, 0.717) is 6.16 Å². The van der Waals surface area contributed by atoms with Gasteiger partial charge in [-0.3, -0.25) is 0 Å². The SMILES string of the molecule is CCCCCCCCCCCC/C=C/CCCC/[P+](O)=N/O. The Labute approximate surface area is 138 Å². The van der Waals surface area contributed by atoms with Gasteiger partial charge in [0.1, 0.15) is 0 Å². The van der Waals surface area contributed by atoms with Crippen LogP contribution in [0.2, 0.25) is 0 Å². The quantitative estimate of drug-likeness (QED) is 0.139. The minimum absolute atomic E-state index is 0.623. The number of hydrogen-bond acceptors (Lipinski definition) is 1. The van der Waals surface area contributed by atoms with Gasteiger partial charge in [-0.15, -0.1) is 0 Å². The van der Waals surface area contributed by atoms with Gasteiger partial charge in [0.25, 0.3) is 0 Å². The molecule has 0 aromatic heterocycles. The van der Waals surface area contributed by atoms with Crippen molar-refractivity contribution in [3.63, 3.8) is 0 Å². The molecular formula is C18H37NO2P+. The summed E-state index contributed by atoms with van der Waals surface area (Å²) in [6.45, 7) is 2.27. The largest absolute Gasteiger partial charge is 0.398 e. The van der Waals surface area contributed by atoms with Crippen molar-refractivity contribution in [3.8, 4) is 0 Å². The number of allylic oxidation sites excluding steroid dienone is 2. The molecule has 1 atom stereocenters. The maximum absolute atomic E-state index is 9.10. The van der Waals surface area contributed by atoms with Crippen molar-refractivity contribution in [2.24, 2.45) is 4.91 Å². The van der Waals surface area contributed by atoms with Crippen LogP contribution in [0, 0.1) is 0 Å². The van der Waals surface area contributed by atoms with Gasteiger partial charge in [0, 0.05) is 0 Å². The van der Waals surface area contributed by atoms with Crippen molar-refractivity contribution < 1.29 is 10.1 Å². The monoisotopic (exact) mass is 330 g/mol. The highest BCUT2D eigenvalue weighted by Gasteiger charge is 2.05. The van der Waals surface area contributed by atoms with Crippen LogP contribution in [-0.2, 0) is 0 Å². The lowest BCUT2D eigenvalue weighted by Crippen LogP contribution is -1.81. The van der Waals surface area contributed by atoms with Crippen LogP contribution < -0.4 is 0 Å². The standard InChI is InChI=1S/C18H36NO2P/c1-2-3-4-5-6-7-8-9-10-11-12-13-14-15-16-17-18-22(21)19-20/h13-14H,2-12,15-18H2,1H3,(H-,19,20,21)/p+1/b14-13+. The van der Waals surface area contributed by atoms with E-state index in [2.05, 4.69) is 24.0 Å². The topological polar surface area (TPSA) is 52.8 Å². The summed E-state index contributed by atoms with van der Waals surface area (Å²) in [4.78, 5) is 12.0. The van der Waals surface area contributed by atoms with Gasteiger partial charge in [0.05, 0.1) is 4.91 Å². The summed E-state index contributed by atoms with van der Waals surface area (Å²) in [6.07, 6.45) is 23.4. The van der Waals surface area contributed by atoms with Crippen LogP contribution in [0.3, 0.4) is 0 Å². The number of rotatable bonds is 16. The first kappa shape index (κ1) is 21.8. The molecule has 0 saturated heterocycles. The van der Waals surface area contributed by atoms with Crippen LogP contribution in [-0.4, -0.2) is 16.3 Å². The molecule has 0 amide bonds. The summed E-state index contributed by atoms with van der Waals surface area (Å²) >= 11 is 0. The van der Waals surface area contributed by atoms with Gasteiger partial charge < -0.3 is 0 Å². The molecule has 0 radical (unpaired) electrons. The molecule has 130 valence electrons. The molecule has 2 N–H and O–H groups in total. The van der Waals surface area contributed by atoms with Crippen molar-refractivity contribution in [3.05, 3.63) is 12.2 Å². The predicted octanol–water partition coefficient (Wildman–Crippen LogP) is 6.99. The lowest BCUT2D eigenvalue weighted by atomic mass is 10.1. The van der Waals surface area contributed by atoms with Gasteiger partial charge in [-0.1, -0.05) is 76.9 Å². The van der Waals surface area contributed by atoms with Crippen molar-refractivity contribution in [2.75, 3.05) is 6.16 Å². The number of hydrogen-bond donors (Lipinski definition) is 2. The molecule has 0 bridgehead atoms. The third-order valence-electron chi connectivity index (χ3n) is 3.97. The highest BCUT2D eigenvalue weighted by atomic mass is 31.1. The first-order chi connectivity index (χ1) is 10.8. The fraction of sp³-hybridized carbons (Fsp3) is 0.889. The fourth-order valence-corrected chi connectivity index (χ4v) is 3.14. The van der Waals surface area contributed by atoms with Crippen LogP contribution in [0.5, 0.6) is 0 Å². The predicted molar refractivity (Wildman–Crippen MR) is 97.7 cm³/mol. The highest BCUT2D eigenvalue weighted by Crippen LogP contribution is 2.20. The lowest BCUT2D eigenvalue weighted by molar-refractivity contribution is 0.320. The Morgan fingerprint density at radius 1 is 0.727 bits per heavy atom. The van der Waals surface area contributed by atoms with E-state index >= 15 is 0 Å². The molecule has 1 unspecified atom stereocenters. The molecule has 0 aliphatic heterocycles. The molecule has 0 aromatic carbocycles. The van der Waals surface area contributed by atoms with E-state index in [9.17, 15) is 0 Å². The molecule has 0 aromatic rings. The van der Waals surface area contributed by atoms with Gasteiger partial charge in [-0.25, -0.2) is 5.21 Å². The van der Waals surface area contributed by atoms with E-state index in [0.717, 1.165) is 19.3 Å². The Bertz CT molecular complexity index is 280. The van der Waals surface area contributed by atoms with E-state index in [1.807, 2.05) is 0 Å². The summed E-state index contributed by atoms with van der Waals surface area (Å²) in [5, 5.41) is 8.35. The zero-order valence-electron chi connectivity index (χ0n) is 14.6. The zero-order chi connectivity index (χ0) is 16.3. The van der Waals surface area contributed by atoms with Gasteiger partial charge in [0.15, 0.2) is 6.16 Å². The second kappa shape index (κ2) is 18.8. The molecule has 0 aliphatic carbocycles. The summed E-state index contributed by atoms with van der Waals surface area (Å²) in [7, 11) is -1.46. The van der Waals surface area contributed by atoms with Gasteiger partial charge in [-0.05, 0) is 32.1 Å². The molecule has 0 aliphatic rings. The van der Waals surface area contributed by atoms with Crippen molar-refractivity contribution in [2.45, 2.75) is 96.8 Å². The van der Waals surface area contributed by atoms with Crippen LogP contribution in [0.1, 0.15) is 96.8 Å². The first-order valence-electron chi connectivity index (χ1n) is 9.27. The van der Waals surface area contributed by atoms with Gasteiger partial charge in [0.2, 0.25) is 0 Å². The lowest BCUT2D eigenvalue weighted by Gasteiger charge is -2.01. The normalized spacial score (nSPS) is 12.4. The molecule has 0 rings (SSSR count). The van der Waals surface area contributed by atoms with E-state index in [-0.39, 0.29) is 0 Å². The van der Waals surface area contributed by atoms with E-state index in [1.165, 1.54) is 70.6 Å². The minimum Gasteiger partial charge on any atom is -0.230 e. The van der Waals surface area contributed by atoms with E-state index in [4.69, 9.17) is 10.1 Å². The van der Waals surface area contributed by atoms with Crippen molar-refractivity contribution in [1.29, 1.82) is 0 Å². The third kappa shape index (κ3) is 17.8. The maximum atomic E-state index is 9.10. The second-order valence-electron chi connectivity index (χ2n) is 6.12. The Morgan fingerprint density at radius 2 is 1.18 bits per heavy atom. The highest BCUT2D eigenvalue weighted by molar-refractivity contribution is 7.40. The Morgan fingerprint density at radius 3 is 1.68 bits per heavy atom. The second-order valence-corrected chi connectivity index (χ2v) is 7.49. The van der Waals surface area contributed by atoms with Crippen molar-refractivity contribution in [1.82, 2.24) is 0 Å². The maximum Gasteiger partial charge on any atom is 0.398 e. The molecule has 0 heterocycles. The molecule has 0 fully saturated rings. The van der Waals surface area contributed by atoms with E-state index in [1.54, 1.807) is 0 Å². The molecular weight excluding hydrogens is 293 g/mol. The zero-order valence-corrected chi connectivity index (χ0v) is 15.4. The van der Waals surface area contributed by atoms with Crippen LogP contribution in [0.15, 0.2) is 17.1 Å². The molecule has 0 spiro atoms. The van der Waals surface area contributed by atoms with Crippen LogP contribution >= 0.6 is 7.94 Å². The average Bonchev–Trinajstić information content (AvgIpc) is 2.54.